The van der Waals surface area contributed by atoms with E-state index in [-0.39, 0.29) is 46.6 Å². The van der Waals surface area contributed by atoms with Crippen molar-refractivity contribution < 1.29 is 28.5 Å². The van der Waals surface area contributed by atoms with E-state index in [1.807, 2.05) is 6.92 Å². The van der Waals surface area contributed by atoms with Gasteiger partial charge in [0.25, 0.3) is 0 Å². The molecule has 242 valence electrons. The van der Waals surface area contributed by atoms with Crippen LogP contribution >= 0.6 is 0 Å². The Balaban J connectivity index is 1.26. The molecule has 9 nitrogen and oxygen atoms in total. The normalized spacial score (nSPS) is 27.6. The van der Waals surface area contributed by atoms with Gasteiger partial charge < -0.3 is 24.6 Å². The number of rotatable bonds is 7. The van der Waals surface area contributed by atoms with Gasteiger partial charge in [0.15, 0.2) is 5.82 Å². The number of hydrogen-bond acceptors (Lipinski definition) is 9. The van der Waals surface area contributed by atoms with Crippen molar-refractivity contribution in [1.82, 2.24) is 19.9 Å². The van der Waals surface area contributed by atoms with Gasteiger partial charge in [-0.3, -0.25) is 9.88 Å². The highest BCUT2D eigenvalue weighted by atomic mass is 19.1. The second-order valence-corrected chi connectivity index (χ2v) is 13.7. The molecule has 5 atom stereocenters. The Morgan fingerprint density at radius 2 is 1.98 bits per heavy atom. The number of fused-ring (bicyclic) bond motifs is 5. The number of phenolic OH excluding ortho intramolecular Hbond substituents is 1. The van der Waals surface area contributed by atoms with E-state index >= 15 is 4.39 Å². The number of phenols is 1. The minimum Gasteiger partial charge on any atom is -0.508 e. The summed E-state index contributed by atoms with van der Waals surface area (Å²) in [4.78, 5) is 18.6. The first-order valence-electron chi connectivity index (χ1n) is 16.4. The number of aryl methyl sites for hydroxylation is 1. The second kappa shape index (κ2) is 11.2. The van der Waals surface area contributed by atoms with E-state index in [1.165, 1.54) is 12.1 Å². The molecule has 3 aliphatic heterocycles. The Morgan fingerprint density at radius 1 is 1.11 bits per heavy atom. The van der Waals surface area contributed by atoms with Gasteiger partial charge in [0, 0.05) is 44.4 Å². The molecule has 0 spiro atoms. The van der Waals surface area contributed by atoms with Gasteiger partial charge in [-0.2, -0.15) is 9.97 Å². The lowest BCUT2D eigenvalue weighted by Crippen LogP contribution is -2.43. The smallest absolute Gasteiger partial charge is 0.319 e. The number of ether oxygens (including phenoxy) is 2. The van der Waals surface area contributed by atoms with Crippen molar-refractivity contribution in [2.24, 2.45) is 11.8 Å². The van der Waals surface area contributed by atoms with Gasteiger partial charge in [-0.05, 0) is 85.5 Å². The number of methoxy groups -OCH3 is 1. The van der Waals surface area contributed by atoms with Gasteiger partial charge >= 0.3 is 6.01 Å². The third-order valence-corrected chi connectivity index (χ3v) is 11.0. The van der Waals surface area contributed by atoms with E-state index in [0.717, 1.165) is 45.2 Å². The fraction of sp³-hybridized carbons (Fsp3) is 0.514. The maximum atomic E-state index is 16.9. The van der Waals surface area contributed by atoms with E-state index in [9.17, 15) is 14.6 Å². The maximum absolute atomic E-state index is 16.9. The molecule has 2 N–H and O–H groups in total. The summed E-state index contributed by atoms with van der Waals surface area (Å²) in [5.74, 6) is -0.194. The number of hydrogen-bond donors (Lipinski definition) is 2. The maximum Gasteiger partial charge on any atom is 0.319 e. The van der Waals surface area contributed by atoms with E-state index in [4.69, 9.17) is 14.5 Å². The van der Waals surface area contributed by atoms with Crippen molar-refractivity contribution in [1.29, 1.82) is 0 Å². The lowest BCUT2D eigenvalue weighted by atomic mass is 9.94. The first-order chi connectivity index (χ1) is 22.3. The summed E-state index contributed by atoms with van der Waals surface area (Å²) in [5, 5.41) is 22.8. The number of aliphatic hydroxyl groups is 1. The Bertz CT molecular complexity index is 1840. The summed E-state index contributed by atoms with van der Waals surface area (Å²) in [5.41, 5.74) is 0.560. The van der Waals surface area contributed by atoms with Crippen LogP contribution in [0.4, 0.5) is 14.6 Å². The highest BCUT2D eigenvalue weighted by Crippen LogP contribution is 2.43. The number of aromatic hydroxyl groups is 1. The topological polar surface area (TPSA) is 104 Å². The number of aromatic nitrogens is 3. The van der Waals surface area contributed by atoms with Crippen LogP contribution in [0, 0.1) is 23.5 Å². The fourth-order valence-electron chi connectivity index (χ4n) is 8.77. The molecule has 3 saturated heterocycles. The minimum atomic E-state index is -0.690. The van der Waals surface area contributed by atoms with E-state index < -0.39 is 11.6 Å². The van der Waals surface area contributed by atoms with Crippen molar-refractivity contribution in [2.45, 2.75) is 63.2 Å². The zero-order valence-electron chi connectivity index (χ0n) is 26.2. The van der Waals surface area contributed by atoms with Crippen molar-refractivity contribution in [2.75, 3.05) is 44.8 Å². The van der Waals surface area contributed by atoms with E-state index in [2.05, 4.69) is 19.8 Å². The Morgan fingerprint density at radius 3 is 2.78 bits per heavy atom. The summed E-state index contributed by atoms with van der Waals surface area (Å²) in [6.07, 6.45) is 6.31. The van der Waals surface area contributed by atoms with Crippen molar-refractivity contribution in [3.05, 3.63) is 47.7 Å². The molecule has 8 rings (SSSR count). The van der Waals surface area contributed by atoms with Crippen molar-refractivity contribution >= 4 is 27.5 Å². The molecule has 4 aliphatic rings. The molecule has 2 aromatic heterocycles. The van der Waals surface area contributed by atoms with Crippen LogP contribution in [0.1, 0.15) is 44.6 Å². The average molecular weight is 632 g/mol. The third kappa shape index (κ3) is 4.77. The van der Waals surface area contributed by atoms with Gasteiger partial charge in [-0.15, -0.1) is 0 Å². The number of nitrogens with zero attached hydrogens (tertiary/aromatic N) is 5. The Kier molecular flexibility index (Phi) is 7.26. The summed E-state index contributed by atoms with van der Waals surface area (Å²) in [6, 6.07) is 6.01. The monoisotopic (exact) mass is 631 g/mol. The molecule has 4 fully saturated rings. The van der Waals surface area contributed by atoms with E-state index in [1.54, 1.807) is 25.4 Å². The largest absolute Gasteiger partial charge is 0.508 e. The molecular formula is C35H39F2N5O4. The lowest BCUT2D eigenvalue weighted by molar-refractivity contribution is 0.0997. The molecule has 5 heterocycles. The van der Waals surface area contributed by atoms with Crippen LogP contribution in [0.15, 0.2) is 30.5 Å². The summed E-state index contributed by atoms with van der Waals surface area (Å²) >= 11 is 0. The third-order valence-electron chi connectivity index (χ3n) is 11.0. The molecule has 0 amide bonds. The highest BCUT2D eigenvalue weighted by molar-refractivity contribution is 6.01. The molecule has 1 aliphatic carbocycles. The van der Waals surface area contributed by atoms with Gasteiger partial charge in [0.2, 0.25) is 0 Å². The fourth-order valence-corrected chi connectivity index (χ4v) is 8.77. The van der Waals surface area contributed by atoms with Crippen LogP contribution in [0.3, 0.4) is 0 Å². The standard InChI is InChI=1S/C35H39F2N5O4/c1-3-24-27(36)6-5-20-11-22(43)12-25(29(20)24)31-30(37)32-26(14-38-31)33(41-15-19-9-21(16-41)28(44)10-19)40-34(39-32)46-18-35-7-4-8-42(35)17-23(13-35)45-2/h5-6,11-12,14,19,21,23,28,43-44H,3-4,7-10,13,15-18H2,1-2H3/t19-,21-,23+,28-,35+/m1/s1. The molecule has 2 bridgehead atoms. The number of pyridine rings is 1. The van der Waals surface area contributed by atoms with E-state index in [0.29, 0.717) is 65.1 Å². The van der Waals surface area contributed by atoms with Gasteiger partial charge in [-0.25, -0.2) is 8.78 Å². The van der Waals surface area contributed by atoms with Crippen LogP contribution in [-0.2, 0) is 11.2 Å². The first-order valence-corrected chi connectivity index (χ1v) is 16.4. The predicted octanol–water partition coefficient (Wildman–Crippen LogP) is 5.23. The molecule has 2 aromatic carbocycles. The molecule has 46 heavy (non-hydrogen) atoms. The van der Waals surface area contributed by atoms with Crippen LogP contribution in [0.25, 0.3) is 32.9 Å². The number of benzene rings is 2. The summed E-state index contributed by atoms with van der Waals surface area (Å²) in [6.45, 7) is 5.31. The predicted molar refractivity (Wildman–Crippen MR) is 170 cm³/mol. The van der Waals surface area contributed by atoms with Gasteiger partial charge in [0.05, 0.1) is 23.1 Å². The zero-order chi connectivity index (χ0) is 31.7. The van der Waals surface area contributed by atoms with Gasteiger partial charge in [0.1, 0.15) is 35.2 Å². The zero-order valence-corrected chi connectivity index (χ0v) is 26.2. The number of anilines is 1. The molecular weight excluding hydrogens is 592 g/mol. The number of aliphatic hydroxyl groups excluding tert-OH is 1. The SMILES string of the molecule is CCc1c(F)ccc2cc(O)cc(-c3ncc4c(N5C[C@@H]6C[C@H](C5)[C@H](O)C6)nc(OC[C@@]56CCCN5C[C@@H](OC)C6)nc4c3F)c12. The second-order valence-electron chi connectivity index (χ2n) is 13.7. The highest BCUT2D eigenvalue weighted by Gasteiger charge is 2.49. The molecule has 0 radical (unpaired) electrons. The lowest BCUT2D eigenvalue weighted by Gasteiger charge is -2.34. The molecule has 4 aromatic rings. The quantitative estimate of drug-likeness (QED) is 0.284. The van der Waals surface area contributed by atoms with Gasteiger partial charge in [-0.1, -0.05) is 13.0 Å². The minimum absolute atomic E-state index is 0.0299. The Labute approximate surface area is 266 Å². The summed E-state index contributed by atoms with van der Waals surface area (Å²) < 4.78 is 44.0. The average Bonchev–Trinajstić information content (AvgIpc) is 3.68. The van der Waals surface area contributed by atoms with Crippen LogP contribution < -0.4 is 9.64 Å². The Hall–Kier alpha value is -3.67. The molecule has 1 saturated carbocycles. The first kappa shape index (κ1) is 29.7. The van der Waals surface area contributed by atoms with Crippen LogP contribution in [0.5, 0.6) is 11.8 Å². The van der Waals surface area contributed by atoms with Crippen molar-refractivity contribution in [3.8, 4) is 23.0 Å². The number of piperidine rings is 1. The summed E-state index contributed by atoms with van der Waals surface area (Å²) in [7, 11) is 1.74. The number of halogens is 2. The molecule has 0 unspecified atom stereocenters. The molecule has 11 heteroatoms. The van der Waals surface area contributed by atoms with Crippen LogP contribution in [-0.4, -0.2) is 87.7 Å². The van der Waals surface area contributed by atoms with Crippen LogP contribution in [0.2, 0.25) is 0 Å². The van der Waals surface area contributed by atoms with Crippen molar-refractivity contribution in [3.63, 3.8) is 0 Å².